The zero-order valence-corrected chi connectivity index (χ0v) is 15.7. The number of carbonyl (C=O) groups is 1. The molecule has 2 unspecified atom stereocenters. The van der Waals surface area contributed by atoms with Gasteiger partial charge in [-0.25, -0.2) is 0 Å². The second-order valence-corrected chi connectivity index (χ2v) is 6.99. The highest BCUT2D eigenvalue weighted by atomic mass is 16.2. The van der Waals surface area contributed by atoms with Crippen LogP contribution in [0.4, 0.5) is 0 Å². The fourth-order valence-corrected chi connectivity index (χ4v) is 3.88. The van der Waals surface area contributed by atoms with Crippen LogP contribution < -0.4 is 10.6 Å². The quantitative estimate of drug-likeness (QED) is 0.569. The highest BCUT2D eigenvalue weighted by Gasteiger charge is 2.24. The monoisotopic (exact) mass is 337 g/mol. The highest BCUT2D eigenvalue weighted by Crippen LogP contribution is 2.17. The van der Waals surface area contributed by atoms with Crippen LogP contribution in [0.2, 0.25) is 0 Å². The SMILES string of the molecule is CCN1CCCC1CNC(=NC)NCCC(=O)N1CCCCC1C. The van der Waals surface area contributed by atoms with Crippen LogP contribution in [0.5, 0.6) is 0 Å². The summed E-state index contributed by atoms with van der Waals surface area (Å²) in [6.07, 6.45) is 6.60. The minimum Gasteiger partial charge on any atom is -0.356 e. The lowest BCUT2D eigenvalue weighted by Crippen LogP contribution is -2.46. The maximum atomic E-state index is 12.3. The zero-order valence-electron chi connectivity index (χ0n) is 15.7. The third kappa shape index (κ3) is 5.36. The van der Waals surface area contributed by atoms with Crippen LogP contribution in [0, 0.1) is 0 Å². The Morgan fingerprint density at radius 1 is 1.17 bits per heavy atom. The molecule has 2 N–H and O–H groups in total. The number of hydrogen-bond donors (Lipinski definition) is 2. The number of nitrogens with one attached hydrogen (secondary N) is 2. The summed E-state index contributed by atoms with van der Waals surface area (Å²) in [7, 11) is 1.79. The van der Waals surface area contributed by atoms with E-state index in [0.29, 0.717) is 25.0 Å². The minimum absolute atomic E-state index is 0.262. The first kappa shape index (κ1) is 19.0. The van der Waals surface area contributed by atoms with E-state index in [0.717, 1.165) is 38.4 Å². The summed E-state index contributed by atoms with van der Waals surface area (Å²) in [5.74, 6) is 1.07. The Hall–Kier alpha value is -1.30. The molecule has 6 nitrogen and oxygen atoms in total. The third-order valence-corrected chi connectivity index (χ3v) is 5.39. The van der Waals surface area contributed by atoms with Crippen molar-refractivity contribution in [3.05, 3.63) is 0 Å². The van der Waals surface area contributed by atoms with Crippen molar-refractivity contribution in [2.75, 3.05) is 39.8 Å². The topological polar surface area (TPSA) is 60.0 Å². The van der Waals surface area contributed by atoms with E-state index < -0.39 is 0 Å². The number of carbonyl (C=O) groups excluding carboxylic acids is 1. The molecular formula is C18H35N5O. The van der Waals surface area contributed by atoms with Gasteiger partial charge >= 0.3 is 0 Å². The van der Waals surface area contributed by atoms with E-state index in [1.54, 1.807) is 7.05 Å². The molecule has 1 amide bonds. The van der Waals surface area contributed by atoms with Gasteiger partial charge in [-0.3, -0.25) is 14.7 Å². The first-order valence-corrected chi connectivity index (χ1v) is 9.63. The lowest BCUT2D eigenvalue weighted by atomic mass is 10.0. The van der Waals surface area contributed by atoms with Crippen molar-refractivity contribution in [3.8, 4) is 0 Å². The molecule has 2 atom stereocenters. The molecule has 0 aromatic heterocycles. The van der Waals surface area contributed by atoms with E-state index in [4.69, 9.17) is 0 Å². The maximum Gasteiger partial charge on any atom is 0.224 e. The predicted molar refractivity (Wildman–Crippen MR) is 99.3 cm³/mol. The minimum atomic E-state index is 0.262. The summed E-state index contributed by atoms with van der Waals surface area (Å²) in [5, 5.41) is 6.69. The van der Waals surface area contributed by atoms with E-state index in [2.05, 4.69) is 34.4 Å². The molecule has 2 aliphatic rings. The summed E-state index contributed by atoms with van der Waals surface area (Å²) >= 11 is 0. The molecule has 138 valence electrons. The highest BCUT2D eigenvalue weighted by molar-refractivity contribution is 5.81. The van der Waals surface area contributed by atoms with Crippen molar-refractivity contribution < 1.29 is 4.79 Å². The van der Waals surface area contributed by atoms with Crippen LogP contribution in [0.3, 0.4) is 0 Å². The molecule has 0 radical (unpaired) electrons. The van der Waals surface area contributed by atoms with Crippen molar-refractivity contribution in [2.24, 2.45) is 4.99 Å². The number of hydrogen-bond acceptors (Lipinski definition) is 3. The average Bonchev–Trinajstić information content (AvgIpc) is 3.05. The first-order chi connectivity index (χ1) is 11.7. The van der Waals surface area contributed by atoms with Gasteiger partial charge in [0.2, 0.25) is 5.91 Å². The van der Waals surface area contributed by atoms with E-state index in [1.165, 1.54) is 25.8 Å². The van der Waals surface area contributed by atoms with Gasteiger partial charge in [-0.2, -0.15) is 0 Å². The summed E-state index contributed by atoms with van der Waals surface area (Å²) in [4.78, 5) is 21.2. The van der Waals surface area contributed by atoms with E-state index in [9.17, 15) is 4.79 Å². The number of nitrogens with zero attached hydrogens (tertiary/aromatic N) is 3. The number of likely N-dealkylation sites (N-methyl/N-ethyl adjacent to an activating group) is 1. The number of aliphatic imine (C=N–C) groups is 1. The molecular weight excluding hydrogens is 302 g/mol. The summed E-state index contributed by atoms with van der Waals surface area (Å²) < 4.78 is 0. The van der Waals surface area contributed by atoms with Crippen molar-refractivity contribution in [3.63, 3.8) is 0 Å². The van der Waals surface area contributed by atoms with Crippen LogP contribution in [0.15, 0.2) is 4.99 Å². The molecule has 2 rings (SSSR count). The summed E-state index contributed by atoms with van der Waals surface area (Å²) in [6, 6.07) is 0.996. The molecule has 6 heteroatoms. The van der Waals surface area contributed by atoms with Crippen molar-refractivity contribution >= 4 is 11.9 Å². The molecule has 0 aromatic rings. The van der Waals surface area contributed by atoms with Gasteiger partial charge in [0, 0.05) is 45.2 Å². The van der Waals surface area contributed by atoms with Gasteiger partial charge in [-0.05, 0) is 52.1 Å². The molecule has 2 aliphatic heterocycles. The number of likely N-dealkylation sites (tertiary alicyclic amines) is 2. The Morgan fingerprint density at radius 3 is 2.71 bits per heavy atom. The average molecular weight is 338 g/mol. The zero-order chi connectivity index (χ0) is 17.4. The molecule has 0 saturated carbocycles. The molecule has 0 aliphatic carbocycles. The van der Waals surface area contributed by atoms with Gasteiger partial charge in [0.1, 0.15) is 0 Å². The fourth-order valence-electron chi connectivity index (χ4n) is 3.88. The second-order valence-electron chi connectivity index (χ2n) is 6.99. The van der Waals surface area contributed by atoms with Crippen LogP contribution >= 0.6 is 0 Å². The normalized spacial score (nSPS) is 25.8. The smallest absolute Gasteiger partial charge is 0.224 e. The molecule has 2 heterocycles. The van der Waals surface area contributed by atoms with Crippen LogP contribution in [-0.4, -0.2) is 73.5 Å². The lowest BCUT2D eigenvalue weighted by molar-refractivity contribution is -0.134. The van der Waals surface area contributed by atoms with Gasteiger partial charge in [-0.15, -0.1) is 0 Å². The molecule has 0 aromatic carbocycles. The van der Waals surface area contributed by atoms with E-state index in [1.807, 2.05) is 4.90 Å². The number of guanidine groups is 1. The largest absolute Gasteiger partial charge is 0.356 e. The fraction of sp³-hybridized carbons (Fsp3) is 0.889. The Kier molecular flexibility index (Phi) is 7.82. The van der Waals surface area contributed by atoms with Gasteiger partial charge in [-0.1, -0.05) is 6.92 Å². The number of piperidine rings is 1. The Morgan fingerprint density at radius 2 is 2.00 bits per heavy atom. The van der Waals surface area contributed by atoms with Crippen LogP contribution in [0.25, 0.3) is 0 Å². The molecule has 0 bridgehead atoms. The van der Waals surface area contributed by atoms with Gasteiger partial charge in [0.15, 0.2) is 5.96 Å². The summed E-state index contributed by atoms with van der Waals surface area (Å²) in [6.45, 7) is 9.18. The van der Waals surface area contributed by atoms with Crippen molar-refractivity contribution in [1.82, 2.24) is 20.4 Å². The van der Waals surface area contributed by atoms with Gasteiger partial charge in [0.05, 0.1) is 0 Å². The molecule has 2 fully saturated rings. The standard InChI is InChI=1S/C18H35N5O/c1-4-22-12-7-9-16(22)14-21-18(19-3)20-11-10-17(24)23-13-6-5-8-15(23)2/h15-16H,4-14H2,1-3H3,(H2,19,20,21). The van der Waals surface area contributed by atoms with E-state index >= 15 is 0 Å². The van der Waals surface area contributed by atoms with Crippen LogP contribution in [0.1, 0.15) is 52.4 Å². The summed E-state index contributed by atoms with van der Waals surface area (Å²) in [5.41, 5.74) is 0. The molecule has 2 saturated heterocycles. The number of rotatable bonds is 6. The van der Waals surface area contributed by atoms with Gasteiger partial charge in [0.25, 0.3) is 0 Å². The van der Waals surface area contributed by atoms with Crippen LogP contribution in [-0.2, 0) is 4.79 Å². The maximum absolute atomic E-state index is 12.3. The van der Waals surface area contributed by atoms with Crippen molar-refractivity contribution in [1.29, 1.82) is 0 Å². The predicted octanol–water partition coefficient (Wildman–Crippen LogP) is 1.43. The first-order valence-electron chi connectivity index (χ1n) is 9.63. The third-order valence-electron chi connectivity index (χ3n) is 5.39. The Bertz CT molecular complexity index is 426. The Balaban J connectivity index is 1.67. The second kappa shape index (κ2) is 9.87. The number of amides is 1. The molecule has 0 spiro atoms. The molecule has 24 heavy (non-hydrogen) atoms. The Labute approximate surface area is 147 Å². The van der Waals surface area contributed by atoms with Gasteiger partial charge < -0.3 is 15.5 Å². The van der Waals surface area contributed by atoms with E-state index in [-0.39, 0.29) is 5.91 Å². The van der Waals surface area contributed by atoms with Crippen molar-refractivity contribution in [2.45, 2.75) is 64.5 Å². The lowest BCUT2D eigenvalue weighted by Gasteiger charge is -2.33.